The van der Waals surface area contributed by atoms with Crippen molar-refractivity contribution in [3.63, 3.8) is 0 Å². The SMILES string of the molecule is COc1cccc(CNc2nn[nH]n2)c1OCc1ccccc1. The Hall–Kier alpha value is -3.09. The van der Waals surface area contributed by atoms with Crippen molar-refractivity contribution in [2.45, 2.75) is 13.2 Å². The van der Waals surface area contributed by atoms with E-state index in [1.165, 1.54) is 0 Å². The van der Waals surface area contributed by atoms with Crippen LogP contribution in [0.3, 0.4) is 0 Å². The molecule has 0 radical (unpaired) electrons. The van der Waals surface area contributed by atoms with E-state index in [2.05, 4.69) is 25.9 Å². The smallest absolute Gasteiger partial charge is 0.263 e. The minimum Gasteiger partial charge on any atom is -0.493 e. The largest absolute Gasteiger partial charge is 0.493 e. The second kappa shape index (κ2) is 7.26. The number of hydrogen-bond acceptors (Lipinski definition) is 6. The summed E-state index contributed by atoms with van der Waals surface area (Å²) in [6.45, 7) is 0.970. The second-order valence-corrected chi connectivity index (χ2v) is 4.81. The van der Waals surface area contributed by atoms with Gasteiger partial charge in [-0.2, -0.15) is 5.21 Å². The zero-order chi connectivity index (χ0) is 15.9. The maximum Gasteiger partial charge on any atom is 0.263 e. The number of methoxy groups -OCH3 is 1. The summed E-state index contributed by atoms with van der Waals surface area (Å²) in [7, 11) is 1.63. The first-order valence-corrected chi connectivity index (χ1v) is 7.16. The van der Waals surface area contributed by atoms with Gasteiger partial charge in [0.15, 0.2) is 11.5 Å². The zero-order valence-electron chi connectivity index (χ0n) is 12.7. The number of tetrazole rings is 1. The van der Waals surface area contributed by atoms with Gasteiger partial charge in [0.05, 0.1) is 7.11 Å². The molecule has 0 fully saturated rings. The molecule has 0 amide bonds. The minimum atomic E-state index is 0.432. The van der Waals surface area contributed by atoms with E-state index < -0.39 is 0 Å². The molecule has 0 spiro atoms. The highest BCUT2D eigenvalue weighted by atomic mass is 16.5. The number of nitrogens with one attached hydrogen (secondary N) is 2. The fraction of sp³-hybridized carbons (Fsp3) is 0.188. The minimum absolute atomic E-state index is 0.432. The van der Waals surface area contributed by atoms with Crippen LogP contribution >= 0.6 is 0 Å². The highest BCUT2D eigenvalue weighted by Gasteiger charge is 2.11. The third-order valence-corrected chi connectivity index (χ3v) is 3.29. The van der Waals surface area contributed by atoms with E-state index in [0.717, 1.165) is 11.1 Å². The summed E-state index contributed by atoms with van der Waals surface area (Å²) in [6.07, 6.45) is 0. The number of ether oxygens (including phenoxy) is 2. The Bertz CT molecular complexity index is 731. The number of hydrogen-bond donors (Lipinski definition) is 2. The normalized spacial score (nSPS) is 10.3. The molecular formula is C16H17N5O2. The third-order valence-electron chi connectivity index (χ3n) is 3.29. The average molecular weight is 311 g/mol. The highest BCUT2D eigenvalue weighted by Crippen LogP contribution is 2.32. The van der Waals surface area contributed by atoms with Crippen LogP contribution in [0.1, 0.15) is 11.1 Å². The number of aromatic nitrogens is 4. The number of H-pyrrole nitrogens is 1. The van der Waals surface area contributed by atoms with Crippen LogP contribution in [-0.2, 0) is 13.2 Å². The molecule has 0 bridgehead atoms. The lowest BCUT2D eigenvalue weighted by Crippen LogP contribution is -2.06. The Balaban J connectivity index is 1.75. The lowest BCUT2D eigenvalue weighted by Gasteiger charge is -2.15. The molecule has 0 aliphatic heterocycles. The van der Waals surface area contributed by atoms with E-state index >= 15 is 0 Å². The molecule has 3 rings (SSSR count). The Morgan fingerprint density at radius 3 is 2.70 bits per heavy atom. The predicted molar refractivity (Wildman–Crippen MR) is 85.3 cm³/mol. The van der Waals surface area contributed by atoms with Crippen molar-refractivity contribution >= 4 is 5.95 Å². The van der Waals surface area contributed by atoms with Gasteiger partial charge in [-0.1, -0.05) is 47.6 Å². The lowest BCUT2D eigenvalue weighted by molar-refractivity contribution is 0.281. The number of aromatic amines is 1. The summed E-state index contributed by atoms with van der Waals surface area (Å²) in [5, 5.41) is 16.7. The van der Waals surface area contributed by atoms with Crippen LogP contribution in [0.5, 0.6) is 11.5 Å². The topological polar surface area (TPSA) is 85.0 Å². The zero-order valence-corrected chi connectivity index (χ0v) is 12.7. The first-order chi connectivity index (χ1) is 11.4. The number of para-hydroxylation sites is 1. The first kappa shape index (κ1) is 14.8. The van der Waals surface area contributed by atoms with E-state index in [9.17, 15) is 0 Å². The van der Waals surface area contributed by atoms with Crippen LogP contribution in [0.25, 0.3) is 0 Å². The Morgan fingerprint density at radius 1 is 1.09 bits per heavy atom. The molecule has 0 unspecified atom stereocenters. The lowest BCUT2D eigenvalue weighted by atomic mass is 10.1. The molecule has 7 nitrogen and oxygen atoms in total. The monoisotopic (exact) mass is 311 g/mol. The van der Waals surface area contributed by atoms with Gasteiger partial charge in [-0.25, -0.2) is 0 Å². The second-order valence-electron chi connectivity index (χ2n) is 4.81. The molecule has 1 aromatic heterocycles. The molecule has 2 aromatic carbocycles. The maximum atomic E-state index is 5.99. The van der Waals surface area contributed by atoms with Crippen LogP contribution in [0.15, 0.2) is 48.5 Å². The summed E-state index contributed by atoms with van der Waals surface area (Å²) in [5.74, 6) is 1.82. The number of benzene rings is 2. The van der Waals surface area contributed by atoms with Gasteiger partial charge in [0, 0.05) is 12.1 Å². The fourth-order valence-corrected chi connectivity index (χ4v) is 2.17. The molecule has 1 heterocycles. The third kappa shape index (κ3) is 3.76. The molecule has 0 aliphatic carbocycles. The van der Waals surface area contributed by atoms with Gasteiger partial charge in [-0.05, 0) is 16.8 Å². The standard InChI is InChI=1S/C16H17N5O2/c1-22-14-9-5-8-13(10-17-16-18-20-21-19-16)15(14)23-11-12-6-3-2-4-7-12/h2-9H,10-11H2,1H3,(H2,17,18,19,20,21). The van der Waals surface area contributed by atoms with E-state index in [-0.39, 0.29) is 0 Å². The van der Waals surface area contributed by atoms with Crippen LogP contribution in [0, 0.1) is 0 Å². The molecule has 7 heteroatoms. The first-order valence-electron chi connectivity index (χ1n) is 7.16. The van der Waals surface area contributed by atoms with Gasteiger partial charge in [-0.3, -0.25) is 0 Å². The quantitative estimate of drug-likeness (QED) is 0.697. The van der Waals surface area contributed by atoms with E-state index in [0.29, 0.717) is 30.6 Å². The van der Waals surface area contributed by atoms with Gasteiger partial charge in [-0.15, -0.1) is 5.10 Å². The summed E-state index contributed by atoms with van der Waals surface area (Å²) in [6, 6.07) is 15.8. The average Bonchev–Trinajstić information content (AvgIpc) is 3.12. The van der Waals surface area contributed by atoms with Crippen molar-refractivity contribution in [2.75, 3.05) is 12.4 Å². The number of anilines is 1. The van der Waals surface area contributed by atoms with Gasteiger partial charge < -0.3 is 14.8 Å². The van der Waals surface area contributed by atoms with Crippen molar-refractivity contribution in [1.82, 2.24) is 20.6 Å². The van der Waals surface area contributed by atoms with Gasteiger partial charge in [0.2, 0.25) is 0 Å². The fourth-order valence-electron chi connectivity index (χ4n) is 2.17. The molecule has 118 valence electrons. The van der Waals surface area contributed by atoms with Crippen molar-refractivity contribution in [3.05, 3.63) is 59.7 Å². The molecule has 0 saturated carbocycles. The van der Waals surface area contributed by atoms with E-state index in [1.54, 1.807) is 7.11 Å². The number of rotatable bonds is 7. The molecule has 0 saturated heterocycles. The van der Waals surface area contributed by atoms with Crippen LogP contribution < -0.4 is 14.8 Å². The Labute approximate surface area is 133 Å². The summed E-state index contributed by atoms with van der Waals surface area (Å²) >= 11 is 0. The molecular weight excluding hydrogens is 294 g/mol. The van der Waals surface area contributed by atoms with Gasteiger partial charge >= 0.3 is 0 Å². The van der Waals surface area contributed by atoms with Crippen LogP contribution in [-0.4, -0.2) is 27.7 Å². The van der Waals surface area contributed by atoms with Crippen molar-refractivity contribution in [1.29, 1.82) is 0 Å². The molecule has 23 heavy (non-hydrogen) atoms. The van der Waals surface area contributed by atoms with E-state index in [1.807, 2.05) is 48.5 Å². The summed E-state index contributed by atoms with van der Waals surface area (Å²) in [5.41, 5.74) is 2.04. The highest BCUT2D eigenvalue weighted by molar-refractivity contribution is 5.48. The Kier molecular flexibility index (Phi) is 4.68. The maximum absolute atomic E-state index is 5.99. The van der Waals surface area contributed by atoms with Gasteiger partial charge in [0.1, 0.15) is 6.61 Å². The number of nitrogens with zero attached hydrogens (tertiary/aromatic N) is 3. The van der Waals surface area contributed by atoms with Gasteiger partial charge in [0.25, 0.3) is 5.95 Å². The van der Waals surface area contributed by atoms with E-state index in [4.69, 9.17) is 9.47 Å². The Morgan fingerprint density at radius 2 is 1.96 bits per heavy atom. The molecule has 3 aromatic rings. The molecule has 2 N–H and O–H groups in total. The van der Waals surface area contributed by atoms with Crippen molar-refractivity contribution in [2.24, 2.45) is 0 Å². The van der Waals surface area contributed by atoms with Crippen LogP contribution in [0.2, 0.25) is 0 Å². The predicted octanol–water partition coefficient (Wildman–Crippen LogP) is 2.40. The van der Waals surface area contributed by atoms with Crippen molar-refractivity contribution < 1.29 is 9.47 Å². The van der Waals surface area contributed by atoms with Crippen LogP contribution in [0.4, 0.5) is 5.95 Å². The summed E-state index contributed by atoms with van der Waals surface area (Å²) in [4.78, 5) is 0. The van der Waals surface area contributed by atoms with Crippen molar-refractivity contribution in [3.8, 4) is 11.5 Å². The summed E-state index contributed by atoms with van der Waals surface area (Å²) < 4.78 is 11.4. The molecule has 0 atom stereocenters. The molecule has 0 aliphatic rings.